The van der Waals surface area contributed by atoms with Gasteiger partial charge in [0.15, 0.2) is 12.8 Å². The summed E-state index contributed by atoms with van der Waals surface area (Å²) in [5.41, 5.74) is 1.80. The minimum Gasteiger partial charge on any atom is -1.00 e. The summed E-state index contributed by atoms with van der Waals surface area (Å²) in [5, 5.41) is 0. The average molecular weight is 667 g/mol. The molecular formula is C33H51IN2O4. The molecule has 0 N–H and O–H groups in total. The normalized spacial score (nSPS) is 10.6. The maximum absolute atomic E-state index is 12.8. The predicted octanol–water partition coefficient (Wildman–Crippen LogP) is 4.34. The van der Waals surface area contributed by atoms with Crippen molar-refractivity contribution in [2.24, 2.45) is 0 Å². The van der Waals surface area contributed by atoms with Crippen molar-refractivity contribution in [2.45, 2.75) is 118 Å². The van der Waals surface area contributed by atoms with E-state index < -0.39 is 0 Å². The van der Waals surface area contributed by atoms with Crippen molar-refractivity contribution >= 4 is 11.8 Å². The summed E-state index contributed by atoms with van der Waals surface area (Å²) in [6.45, 7) is 9.14. The van der Waals surface area contributed by atoms with Gasteiger partial charge in [-0.3, -0.25) is 14.5 Å². The predicted molar refractivity (Wildman–Crippen MR) is 157 cm³/mol. The van der Waals surface area contributed by atoms with Crippen molar-refractivity contribution in [2.75, 3.05) is 13.2 Å². The monoisotopic (exact) mass is 666 g/mol. The lowest BCUT2D eigenvalue weighted by Gasteiger charge is -2.19. The summed E-state index contributed by atoms with van der Waals surface area (Å²) in [6, 6.07) is 11.4. The number of pyridine rings is 1. The van der Waals surface area contributed by atoms with Crippen LogP contribution in [-0.2, 0) is 22.7 Å². The second-order valence-electron chi connectivity index (χ2n) is 10.4. The molecule has 2 amide bonds. The molecule has 0 atom stereocenters. The van der Waals surface area contributed by atoms with Crippen LogP contribution in [0.4, 0.5) is 0 Å². The Morgan fingerprint density at radius 3 is 2.02 bits per heavy atom. The molecule has 2 aromatic rings. The Morgan fingerprint density at radius 1 is 0.825 bits per heavy atom. The smallest absolute Gasteiger partial charge is 0.267 e. The highest BCUT2D eigenvalue weighted by molar-refractivity contribution is 5.94. The van der Waals surface area contributed by atoms with Crippen molar-refractivity contribution in [3.05, 3.63) is 53.9 Å². The first kappa shape index (κ1) is 35.9. The van der Waals surface area contributed by atoms with Gasteiger partial charge in [-0.15, -0.1) is 0 Å². The van der Waals surface area contributed by atoms with Crippen LogP contribution < -0.4 is 38.0 Å². The van der Waals surface area contributed by atoms with E-state index in [0.717, 1.165) is 30.0 Å². The van der Waals surface area contributed by atoms with Crippen molar-refractivity contribution < 1.29 is 47.6 Å². The Balaban J connectivity index is 0.00000800. The number of carbonyl (C=O) groups excluding carboxylic acids is 2. The Labute approximate surface area is 259 Å². The van der Waals surface area contributed by atoms with Gasteiger partial charge in [0.1, 0.15) is 24.6 Å². The number of hydrogen-bond acceptors (Lipinski definition) is 4. The number of unbranched alkanes of at least 4 members (excludes halogenated alkanes) is 11. The molecule has 7 heteroatoms. The second-order valence-corrected chi connectivity index (χ2v) is 10.4. The van der Waals surface area contributed by atoms with Crippen LogP contribution in [0.15, 0.2) is 42.6 Å². The van der Waals surface area contributed by atoms with E-state index in [4.69, 9.17) is 9.47 Å². The van der Waals surface area contributed by atoms with Crippen LogP contribution in [0.25, 0.3) is 0 Å². The van der Waals surface area contributed by atoms with Gasteiger partial charge in [-0.25, -0.2) is 4.57 Å². The summed E-state index contributed by atoms with van der Waals surface area (Å²) in [4.78, 5) is 26.3. The van der Waals surface area contributed by atoms with Crippen molar-refractivity contribution in [3.8, 4) is 11.5 Å². The van der Waals surface area contributed by atoms with Gasteiger partial charge in [0, 0.05) is 19.1 Å². The molecule has 0 aliphatic rings. The summed E-state index contributed by atoms with van der Waals surface area (Å²) in [7, 11) is 0. The number of aryl methyl sites for hydroxylation is 2. The molecule has 0 spiro atoms. The Kier molecular flexibility index (Phi) is 19.3. The standard InChI is InChI=1S/C33H51N2O4.HI/c1-5-7-8-9-10-11-12-13-14-15-16-19-24-38-31-21-22-32(28(3)25-31)39-27-33(37)35(29(4)36)26-30-20-17-18-23-34(30)6-2;/h17-18,20-23,25H,5-16,19,24,26-27H2,1-4H3;1H/q+1;/p-1. The molecule has 0 radical (unpaired) electrons. The number of benzene rings is 1. The van der Waals surface area contributed by atoms with Crippen molar-refractivity contribution in [3.63, 3.8) is 0 Å². The number of halogens is 1. The first-order valence-corrected chi connectivity index (χ1v) is 15.1. The first-order valence-electron chi connectivity index (χ1n) is 15.1. The molecule has 40 heavy (non-hydrogen) atoms. The Bertz CT molecular complexity index is 998. The zero-order chi connectivity index (χ0) is 28.3. The molecule has 1 aromatic carbocycles. The van der Waals surface area contributed by atoms with E-state index in [1.807, 2.05) is 61.0 Å². The van der Waals surface area contributed by atoms with Crippen LogP contribution in [-0.4, -0.2) is 29.9 Å². The lowest BCUT2D eigenvalue weighted by molar-refractivity contribution is -0.701. The molecule has 1 heterocycles. The number of carbonyl (C=O) groups is 2. The summed E-state index contributed by atoms with van der Waals surface area (Å²) in [6.07, 6.45) is 17.8. The second kappa shape index (κ2) is 21.6. The van der Waals surface area contributed by atoms with Gasteiger partial charge in [0.25, 0.3) is 5.91 Å². The Morgan fingerprint density at radius 2 is 1.45 bits per heavy atom. The van der Waals surface area contributed by atoms with E-state index in [-0.39, 0.29) is 48.9 Å². The minimum absolute atomic E-state index is 0. The third kappa shape index (κ3) is 14.0. The van der Waals surface area contributed by atoms with Crippen molar-refractivity contribution in [1.82, 2.24) is 4.90 Å². The van der Waals surface area contributed by atoms with Crippen LogP contribution in [0.2, 0.25) is 0 Å². The first-order chi connectivity index (χ1) is 19.0. The van der Waals surface area contributed by atoms with E-state index in [9.17, 15) is 9.59 Å². The SMILES string of the molecule is CCCCCCCCCCCCCCOc1ccc(OCC(=O)N(Cc2cccc[n+]2CC)C(C)=O)c(C)c1.[I-]. The van der Waals surface area contributed by atoms with Crippen LogP contribution >= 0.6 is 0 Å². The van der Waals surface area contributed by atoms with Gasteiger partial charge in [-0.1, -0.05) is 83.6 Å². The lowest BCUT2D eigenvalue weighted by atomic mass is 10.1. The highest BCUT2D eigenvalue weighted by atomic mass is 127. The number of aromatic nitrogens is 1. The van der Waals surface area contributed by atoms with Gasteiger partial charge in [-0.05, 0) is 44.0 Å². The van der Waals surface area contributed by atoms with Crippen LogP contribution in [0.5, 0.6) is 11.5 Å². The maximum Gasteiger partial charge on any atom is 0.267 e. The van der Waals surface area contributed by atoms with Crippen LogP contribution in [0.3, 0.4) is 0 Å². The van der Waals surface area contributed by atoms with E-state index >= 15 is 0 Å². The van der Waals surface area contributed by atoms with Crippen molar-refractivity contribution in [1.29, 1.82) is 0 Å². The molecule has 0 saturated heterocycles. The summed E-state index contributed by atoms with van der Waals surface area (Å²) >= 11 is 0. The van der Waals surface area contributed by atoms with Gasteiger partial charge in [-0.2, -0.15) is 0 Å². The van der Waals surface area contributed by atoms with E-state index in [2.05, 4.69) is 6.92 Å². The average Bonchev–Trinajstić information content (AvgIpc) is 2.93. The van der Waals surface area contributed by atoms with Gasteiger partial charge in [0.05, 0.1) is 6.61 Å². The van der Waals surface area contributed by atoms with Gasteiger partial charge >= 0.3 is 0 Å². The van der Waals surface area contributed by atoms with Gasteiger partial charge < -0.3 is 33.5 Å². The fourth-order valence-electron chi connectivity index (χ4n) is 4.72. The topological polar surface area (TPSA) is 59.7 Å². The number of amides is 2. The molecule has 1 aromatic heterocycles. The van der Waals surface area contributed by atoms with E-state index in [1.165, 1.54) is 82.5 Å². The number of hydrogen-bond donors (Lipinski definition) is 0. The molecule has 0 saturated carbocycles. The van der Waals surface area contributed by atoms with E-state index in [1.54, 1.807) is 0 Å². The number of rotatable bonds is 20. The third-order valence-corrected chi connectivity index (χ3v) is 7.14. The molecule has 224 valence electrons. The number of imide groups is 1. The molecule has 0 unspecified atom stereocenters. The molecular weight excluding hydrogens is 615 g/mol. The third-order valence-electron chi connectivity index (χ3n) is 7.14. The number of nitrogens with zero attached hydrogens (tertiary/aromatic N) is 2. The largest absolute Gasteiger partial charge is 1.00 e. The summed E-state index contributed by atoms with van der Waals surface area (Å²) in [5.74, 6) is 0.773. The van der Waals surface area contributed by atoms with Crippen LogP contribution in [0.1, 0.15) is 109 Å². The highest BCUT2D eigenvalue weighted by Gasteiger charge is 2.23. The molecule has 0 aliphatic heterocycles. The highest BCUT2D eigenvalue weighted by Crippen LogP contribution is 2.24. The molecule has 2 rings (SSSR count). The maximum atomic E-state index is 12.8. The summed E-state index contributed by atoms with van der Waals surface area (Å²) < 4.78 is 13.8. The van der Waals surface area contributed by atoms with Gasteiger partial charge in [0.2, 0.25) is 11.6 Å². The Hall–Kier alpha value is -2.16. The quantitative estimate of drug-likeness (QED) is 0.120. The number of ether oxygens (including phenoxy) is 2. The molecule has 0 aliphatic carbocycles. The molecule has 0 fully saturated rings. The zero-order valence-corrected chi connectivity index (χ0v) is 27.4. The van der Waals surface area contributed by atoms with E-state index in [0.29, 0.717) is 12.4 Å². The zero-order valence-electron chi connectivity index (χ0n) is 25.3. The molecule has 6 nitrogen and oxygen atoms in total. The van der Waals surface area contributed by atoms with Crippen LogP contribution in [0, 0.1) is 6.92 Å². The lowest BCUT2D eigenvalue weighted by Crippen LogP contribution is -3.00. The minimum atomic E-state index is -0.360. The fraction of sp³-hybridized carbons (Fsp3) is 0.606. The fourth-order valence-corrected chi connectivity index (χ4v) is 4.72. The molecule has 0 bridgehead atoms.